The van der Waals surface area contributed by atoms with Crippen molar-refractivity contribution in [2.24, 2.45) is 0 Å². The van der Waals surface area contributed by atoms with E-state index >= 15 is 0 Å². The van der Waals surface area contributed by atoms with E-state index in [1.807, 2.05) is 60.9 Å². The molecular weight excluding hydrogens is 420 g/mol. The first-order valence-electron chi connectivity index (χ1n) is 10.1. The highest BCUT2D eigenvalue weighted by Crippen LogP contribution is 2.25. The lowest BCUT2D eigenvalue weighted by atomic mass is 10.1. The second kappa shape index (κ2) is 9.62. The molecule has 0 spiro atoms. The lowest BCUT2D eigenvalue weighted by Crippen LogP contribution is -2.12. The van der Waals surface area contributed by atoms with Gasteiger partial charge in [0.15, 0.2) is 10.9 Å². The van der Waals surface area contributed by atoms with Crippen molar-refractivity contribution >= 4 is 29.1 Å². The summed E-state index contributed by atoms with van der Waals surface area (Å²) in [5, 5.41) is 12.0. The predicted molar refractivity (Wildman–Crippen MR) is 127 cm³/mol. The third-order valence-corrected chi connectivity index (χ3v) is 5.91. The second-order valence-electron chi connectivity index (χ2n) is 7.26. The number of nitrogens with one attached hydrogen (secondary N) is 1. The van der Waals surface area contributed by atoms with Crippen molar-refractivity contribution in [3.05, 3.63) is 101 Å². The molecule has 0 aliphatic carbocycles. The number of thioether (sulfide) groups is 1. The van der Waals surface area contributed by atoms with E-state index in [9.17, 15) is 9.59 Å². The summed E-state index contributed by atoms with van der Waals surface area (Å²) in [7, 11) is 0. The Kier molecular flexibility index (Phi) is 6.47. The number of nitrogens with zero attached hydrogens (tertiary/aromatic N) is 3. The van der Waals surface area contributed by atoms with Crippen LogP contribution < -0.4 is 5.32 Å². The topological polar surface area (TPSA) is 76.9 Å². The van der Waals surface area contributed by atoms with Crippen LogP contribution >= 0.6 is 11.8 Å². The number of carbonyl (C=O) groups is 2. The molecule has 0 radical (unpaired) electrons. The minimum absolute atomic E-state index is 0.0204. The average Bonchev–Trinajstić information content (AvgIpc) is 3.19. The van der Waals surface area contributed by atoms with Crippen molar-refractivity contribution < 1.29 is 9.59 Å². The van der Waals surface area contributed by atoms with Crippen molar-refractivity contribution in [3.8, 4) is 5.69 Å². The molecule has 0 fully saturated rings. The summed E-state index contributed by atoms with van der Waals surface area (Å²) in [5.41, 5.74) is 3.91. The van der Waals surface area contributed by atoms with Gasteiger partial charge in [0.05, 0.1) is 11.4 Å². The summed E-state index contributed by atoms with van der Waals surface area (Å²) in [5.74, 6) is 0.798. The van der Waals surface area contributed by atoms with E-state index in [1.54, 1.807) is 36.4 Å². The molecule has 7 heteroatoms. The van der Waals surface area contributed by atoms with Crippen molar-refractivity contribution in [2.75, 3.05) is 11.1 Å². The van der Waals surface area contributed by atoms with Crippen molar-refractivity contribution in [3.63, 3.8) is 0 Å². The van der Waals surface area contributed by atoms with Crippen LogP contribution in [0.1, 0.15) is 32.1 Å². The van der Waals surface area contributed by atoms with Gasteiger partial charge in [-0.25, -0.2) is 0 Å². The van der Waals surface area contributed by atoms with E-state index in [2.05, 4.69) is 15.5 Å². The number of benzene rings is 3. The summed E-state index contributed by atoms with van der Waals surface area (Å²) in [6.07, 6.45) is 0. The maximum Gasteiger partial charge on any atom is 0.255 e. The van der Waals surface area contributed by atoms with Crippen LogP contribution in [0.2, 0.25) is 0 Å². The summed E-state index contributed by atoms with van der Waals surface area (Å²) in [6.45, 7) is 3.93. The van der Waals surface area contributed by atoms with Crippen molar-refractivity contribution in [1.82, 2.24) is 14.8 Å². The van der Waals surface area contributed by atoms with Gasteiger partial charge >= 0.3 is 0 Å². The summed E-state index contributed by atoms with van der Waals surface area (Å²) in [4.78, 5) is 25.0. The fraction of sp³-hybridized carbons (Fsp3) is 0.120. The molecule has 1 N–H and O–H groups in total. The largest absolute Gasteiger partial charge is 0.322 e. The fourth-order valence-electron chi connectivity index (χ4n) is 3.27. The van der Waals surface area contributed by atoms with E-state index in [4.69, 9.17) is 0 Å². The number of carbonyl (C=O) groups excluding carboxylic acids is 2. The zero-order chi connectivity index (χ0) is 22.5. The zero-order valence-corrected chi connectivity index (χ0v) is 18.6. The Labute approximate surface area is 190 Å². The molecule has 4 aromatic rings. The van der Waals surface area contributed by atoms with Gasteiger partial charge in [-0.1, -0.05) is 48.2 Å². The molecule has 3 aromatic carbocycles. The minimum atomic E-state index is -0.189. The Morgan fingerprint density at radius 1 is 0.844 bits per heavy atom. The standard InChI is InChI=1S/C25H22N4O2S/c1-17-8-6-7-11-22(17)29-18(2)27-28-25(29)32-16-23(30)19-12-14-21(15-13-19)26-24(31)20-9-4-3-5-10-20/h3-15H,16H2,1-2H3,(H,26,31). The second-order valence-corrected chi connectivity index (χ2v) is 8.20. The highest BCUT2D eigenvalue weighted by atomic mass is 32.2. The molecule has 32 heavy (non-hydrogen) atoms. The van der Waals surface area contributed by atoms with Gasteiger partial charge < -0.3 is 5.32 Å². The first-order chi connectivity index (χ1) is 15.5. The van der Waals surface area contributed by atoms with E-state index in [-0.39, 0.29) is 17.4 Å². The quantitative estimate of drug-likeness (QED) is 0.318. The van der Waals surface area contributed by atoms with Crippen molar-refractivity contribution in [1.29, 1.82) is 0 Å². The van der Waals surface area contributed by atoms with Crippen LogP contribution in [0.3, 0.4) is 0 Å². The van der Waals surface area contributed by atoms with Gasteiger partial charge in [0, 0.05) is 16.8 Å². The van der Waals surface area contributed by atoms with Crippen molar-refractivity contribution in [2.45, 2.75) is 19.0 Å². The predicted octanol–water partition coefficient (Wildman–Crippen LogP) is 5.11. The number of para-hydroxylation sites is 1. The molecule has 6 nitrogen and oxygen atoms in total. The Morgan fingerprint density at radius 3 is 2.25 bits per heavy atom. The molecule has 1 heterocycles. The Balaban J connectivity index is 1.41. The molecular formula is C25H22N4O2S. The van der Waals surface area contributed by atoms with Crippen LogP contribution in [-0.2, 0) is 0 Å². The summed E-state index contributed by atoms with van der Waals surface area (Å²) in [6, 6.07) is 23.9. The molecule has 0 atom stereocenters. The van der Waals surface area contributed by atoms with Gasteiger partial charge in [0.1, 0.15) is 5.82 Å². The number of anilines is 1. The third-order valence-electron chi connectivity index (χ3n) is 4.98. The fourth-order valence-corrected chi connectivity index (χ4v) is 4.16. The first-order valence-corrected chi connectivity index (χ1v) is 11.1. The van der Waals surface area contributed by atoms with Gasteiger partial charge in [0.25, 0.3) is 5.91 Å². The molecule has 0 saturated carbocycles. The van der Waals surface area contributed by atoms with E-state index in [1.165, 1.54) is 11.8 Å². The van der Waals surface area contributed by atoms with Crippen LogP contribution in [-0.4, -0.2) is 32.2 Å². The van der Waals surface area contributed by atoms with E-state index in [0.29, 0.717) is 22.0 Å². The highest BCUT2D eigenvalue weighted by Gasteiger charge is 2.15. The number of rotatable bonds is 7. The molecule has 0 bridgehead atoms. The van der Waals surface area contributed by atoms with Crippen LogP contribution in [0, 0.1) is 13.8 Å². The lowest BCUT2D eigenvalue weighted by molar-refractivity contribution is 0.101. The third kappa shape index (κ3) is 4.78. The lowest BCUT2D eigenvalue weighted by Gasteiger charge is -2.11. The molecule has 0 unspecified atom stereocenters. The molecule has 0 aliphatic heterocycles. The van der Waals surface area contributed by atoms with E-state index < -0.39 is 0 Å². The normalized spacial score (nSPS) is 10.7. The average molecular weight is 443 g/mol. The van der Waals surface area contributed by atoms with Crippen LogP contribution in [0.25, 0.3) is 5.69 Å². The van der Waals surface area contributed by atoms with Gasteiger partial charge in [0.2, 0.25) is 0 Å². The zero-order valence-electron chi connectivity index (χ0n) is 17.8. The minimum Gasteiger partial charge on any atom is -0.322 e. The number of ketones is 1. The number of aryl methyl sites for hydroxylation is 2. The van der Waals surface area contributed by atoms with Gasteiger partial charge in [-0.05, 0) is 61.9 Å². The Hall–Kier alpha value is -3.71. The highest BCUT2D eigenvalue weighted by molar-refractivity contribution is 7.99. The summed E-state index contributed by atoms with van der Waals surface area (Å²) >= 11 is 1.36. The van der Waals surface area contributed by atoms with Crippen LogP contribution in [0.4, 0.5) is 5.69 Å². The SMILES string of the molecule is Cc1ccccc1-n1c(C)nnc1SCC(=O)c1ccc(NC(=O)c2ccccc2)cc1. The molecule has 4 rings (SSSR count). The number of amides is 1. The maximum atomic E-state index is 12.7. The maximum absolute atomic E-state index is 12.7. The van der Waals surface area contributed by atoms with E-state index in [0.717, 1.165) is 17.1 Å². The Morgan fingerprint density at radius 2 is 1.53 bits per heavy atom. The van der Waals surface area contributed by atoms with Gasteiger partial charge in [-0.15, -0.1) is 10.2 Å². The molecule has 0 aliphatic rings. The smallest absolute Gasteiger partial charge is 0.255 e. The Bertz CT molecular complexity index is 1250. The molecule has 160 valence electrons. The molecule has 1 amide bonds. The number of hydrogen-bond donors (Lipinski definition) is 1. The number of aromatic nitrogens is 3. The van der Waals surface area contributed by atoms with Gasteiger partial charge in [-0.3, -0.25) is 14.2 Å². The first kappa shape index (κ1) is 21.5. The van der Waals surface area contributed by atoms with Gasteiger partial charge in [-0.2, -0.15) is 0 Å². The summed E-state index contributed by atoms with van der Waals surface area (Å²) < 4.78 is 1.97. The molecule has 0 saturated heterocycles. The number of Topliss-reactive ketones (excluding diaryl/α,β-unsaturated/α-hetero) is 1. The number of hydrogen-bond acceptors (Lipinski definition) is 5. The molecule has 1 aromatic heterocycles. The van der Waals surface area contributed by atoms with Crippen LogP contribution in [0.15, 0.2) is 84.0 Å². The monoisotopic (exact) mass is 442 g/mol. The van der Waals surface area contributed by atoms with Crippen LogP contribution in [0.5, 0.6) is 0 Å².